The van der Waals surface area contributed by atoms with Crippen molar-refractivity contribution in [1.29, 1.82) is 0 Å². The molecule has 0 heterocycles. The van der Waals surface area contributed by atoms with Gasteiger partial charge in [-0.15, -0.1) is 0 Å². The van der Waals surface area contributed by atoms with Crippen molar-refractivity contribution in [1.82, 2.24) is 10.6 Å². The Bertz CT molecular complexity index is 553. The van der Waals surface area contributed by atoms with E-state index in [-0.39, 0.29) is 18.4 Å². The normalized spacial score (nSPS) is 16.3. The molecular formula is C17H23N3O3. The van der Waals surface area contributed by atoms with Crippen LogP contribution in [0.4, 0.5) is 0 Å². The van der Waals surface area contributed by atoms with Gasteiger partial charge in [0.15, 0.2) is 0 Å². The zero-order valence-corrected chi connectivity index (χ0v) is 13.1. The Hall–Kier alpha value is -2.37. The van der Waals surface area contributed by atoms with Gasteiger partial charge in [-0.2, -0.15) is 0 Å². The Balaban J connectivity index is 1.84. The van der Waals surface area contributed by atoms with E-state index >= 15 is 0 Å². The highest BCUT2D eigenvalue weighted by Crippen LogP contribution is 2.26. The van der Waals surface area contributed by atoms with Gasteiger partial charge in [0.2, 0.25) is 11.8 Å². The number of nitrogens with one attached hydrogen (secondary N) is 2. The number of primary amides is 1. The largest absolute Gasteiger partial charge is 0.368 e. The van der Waals surface area contributed by atoms with Crippen LogP contribution in [0.15, 0.2) is 30.3 Å². The third-order valence-electron chi connectivity index (χ3n) is 4.19. The SMILES string of the molecule is NC(=O)[C@@H](NC(=O)CNC(=O)c1ccccc1)C1CCCCC1. The van der Waals surface area contributed by atoms with Gasteiger partial charge in [-0.25, -0.2) is 0 Å². The molecule has 2 rings (SSSR count). The number of rotatable bonds is 6. The van der Waals surface area contributed by atoms with Crippen molar-refractivity contribution >= 4 is 17.7 Å². The molecule has 0 aliphatic heterocycles. The number of benzene rings is 1. The molecule has 6 nitrogen and oxygen atoms in total. The molecule has 1 aliphatic carbocycles. The second-order valence-electron chi connectivity index (χ2n) is 5.89. The van der Waals surface area contributed by atoms with E-state index in [9.17, 15) is 14.4 Å². The van der Waals surface area contributed by atoms with Crippen LogP contribution in [0.5, 0.6) is 0 Å². The van der Waals surface area contributed by atoms with E-state index < -0.39 is 17.9 Å². The molecule has 0 bridgehead atoms. The van der Waals surface area contributed by atoms with E-state index in [1.54, 1.807) is 24.3 Å². The smallest absolute Gasteiger partial charge is 0.251 e. The summed E-state index contributed by atoms with van der Waals surface area (Å²) < 4.78 is 0. The van der Waals surface area contributed by atoms with Crippen molar-refractivity contribution < 1.29 is 14.4 Å². The van der Waals surface area contributed by atoms with Gasteiger partial charge in [0, 0.05) is 5.56 Å². The number of hydrogen-bond acceptors (Lipinski definition) is 3. The van der Waals surface area contributed by atoms with Gasteiger partial charge >= 0.3 is 0 Å². The molecule has 1 aromatic carbocycles. The lowest BCUT2D eigenvalue weighted by molar-refractivity contribution is -0.128. The lowest BCUT2D eigenvalue weighted by atomic mass is 9.83. The van der Waals surface area contributed by atoms with Gasteiger partial charge in [-0.1, -0.05) is 37.5 Å². The van der Waals surface area contributed by atoms with Gasteiger partial charge < -0.3 is 16.4 Å². The van der Waals surface area contributed by atoms with Gasteiger partial charge in [-0.3, -0.25) is 14.4 Å². The fraction of sp³-hybridized carbons (Fsp3) is 0.471. The molecule has 1 fully saturated rings. The molecular weight excluding hydrogens is 294 g/mol. The van der Waals surface area contributed by atoms with E-state index in [0.29, 0.717) is 5.56 Å². The number of nitrogens with two attached hydrogens (primary N) is 1. The average Bonchev–Trinajstić information content (AvgIpc) is 2.58. The molecule has 124 valence electrons. The monoisotopic (exact) mass is 317 g/mol. The first-order valence-electron chi connectivity index (χ1n) is 8.00. The minimum Gasteiger partial charge on any atom is -0.368 e. The molecule has 1 atom stereocenters. The molecule has 3 amide bonds. The van der Waals surface area contributed by atoms with Crippen LogP contribution in [0, 0.1) is 5.92 Å². The summed E-state index contributed by atoms with van der Waals surface area (Å²) in [5, 5.41) is 5.21. The molecule has 0 saturated heterocycles. The van der Waals surface area contributed by atoms with Gasteiger partial charge in [0.1, 0.15) is 6.04 Å². The Morgan fingerprint density at radius 2 is 1.74 bits per heavy atom. The lowest BCUT2D eigenvalue weighted by Crippen LogP contribution is -2.52. The Kier molecular flexibility index (Phi) is 6.14. The zero-order valence-electron chi connectivity index (χ0n) is 13.1. The quantitative estimate of drug-likeness (QED) is 0.728. The van der Waals surface area contributed by atoms with Gasteiger partial charge in [0.05, 0.1) is 6.54 Å². The first-order valence-corrected chi connectivity index (χ1v) is 8.00. The average molecular weight is 317 g/mol. The van der Waals surface area contributed by atoms with Crippen molar-refractivity contribution in [3.63, 3.8) is 0 Å². The van der Waals surface area contributed by atoms with Crippen molar-refractivity contribution in [2.24, 2.45) is 11.7 Å². The number of amides is 3. The predicted molar refractivity (Wildman–Crippen MR) is 86.5 cm³/mol. The van der Waals surface area contributed by atoms with Gasteiger partial charge in [-0.05, 0) is 30.9 Å². The molecule has 1 aliphatic rings. The van der Waals surface area contributed by atoms with E-state index in [4.69, 9.17) is 5.73 Å². The maximum atomic E-state index is 12.0. The highest BCUT2D eigenvalue weighted by Gasteiger charge is 2.29. The van der Waals surface area contributed by atoms with Crippen LogP contribution in [-0.2, 0) is 9.59 Å². The predicted octanol–water partition coefficient (Wildman–Crippen LogP) is 0.967. The molecule has 1 aromatic rings. The maximum absolute atomic E-state index is 12.0. The highest BCUT2D eigenvalue weighted by atomic mass is 16.2. The third-order valence-corrected chi connectivity index (χ3v) is 4.19. The van der Waals surface area contributed by atoms with Crippen LogP contribution >= 0.6 is 0 Å². The van der Waals surface area contributed by atoms with Crippen LogP contribution in [0.25, 0.3) is 0 Å². The summed E-state index contributed by atoms with van der Waals surface area (Å²) in [6.07, 6.45) is 5.04. The van der Waals surface area contributed by atoms with Gasteiger partial charge in [0.25, 0.3) is 5.91 Å². The van der Waals surface area contributed by atoms with Crippen LogP contribution in [0.2, 0.25) is 0 Å². The number of hydrogen-bond donors (Lipinski definition) is 3. The van der Waals surface area contributed by atoms with Crippen molar-refractivity contribution in [2.45, 2.75) is 38.1 Å². The molecule has 4 N–H and O–H groups in total. The van der Waals surface area contributed by atoms with Crippen molar-refractivity contribution in [3.05, 3.63) is 35.9 Å². The Morgan fingerprint density at radius 1 is 1.09 bits per heavy atom. The summed E-state index contributed by atoms with van der Waals surface area (Å²) in [7, 11) is 0. The molecule has 6 heteroatoms. The summed E-state index contributed by atoms with van der Waals surface area (Å²) in [6.45, 7) is -0.176. The van der Waals surface area contributed by atoms with E-state index in [0.717, 1.165) is 32.1 Å². The van der Waals surface area contributed by atoms with Crippen molar-refractivity contribution in [2.75, 3.05) is 6.54 Å². The molecule has 0 unspecified atom stereocenters. The standard InChI is InChI=1S/C17H23N3O3/c18-16(22)15(12-7-3-1-4-8-12)20-14(21)11-19-17(23)13-9-5-2-6-10-13/h2,5-6,9-10,12,15H,1,3-4,7-8,11H2,(H2,18,22)(H,19,23)(H,20,21)/t15-/m0/s1. The molecule has 1 saturated carbocycles. The zero-order chi connectivity index (χ0) is 16.7. The second-order valence-corrected chi connectivity index (χ2v) is 5.89. The third kappa shape index (κ3) is 5.09. The molecule has 0 spiro atoms. The molecule has 0 aromatic heterocycles. The van der Waals surface area contributed by atoms with E-state index in [2.05, 4.69) is 10.6 Å². The Labute approximate surface area is 135 Å². The van der Waals surface area contributed by atoms with E-state index in [1.165, 1.54) is 0 Å². The Morgan fingerprint density at radius 3 is 2.35 bits per heavy atom. The van der Waals surface area contributed by atoms with Crippen molar-refractivity contribution in [3.8, 4) is 0 Å². The molecule has 23 heavy (non-hydrogen) atoms. The summed E-state index contributed by atoms with van der Waals surface area (Å²) in [5.74, 6) is -1.15. The molecule has 0 radical (unpaired) electrons. The summed E-state index contributed by atoms with van der Waals surface area (Å²) in [4.78, 5) is 35.5. The topological polar surface area (TPSA) is 101 Å². The van der Waals surface area contributed by atoms with Crippen LogP contribution in [0.1, 0.15) is 42.5 Å². The lowest BCUT2D eigenvalue weighted by Gasteiger charge is -2.28. The first kappa shape index (κ1) is 17.0. The second kappa shape index (κ2) is 8.31. The number of carbonyl (C=O) groups excluding carboxylic acids is 3. The van der Waals surface area contributed by atoms with Crippen LogP contribution in [-0.4, -0.2) is 30.3 Å². The fourth-order valence-electron chi connectivity index (χ4n) is 2.97. The summed E-state index contributed by atoms with van der Waals surface area (Å²) in [6, 6.07) is 7.99. The highest BCUT2D eigenvalue weighted by molar-refractivity contribution is 5.97. The first-order chi connectivity index (χ1) is 11.1. The van der Waals surface area contributed by atoms with Crippen LogP contribution < -0.4 is 16.4 Å². The summed E-state index contributed by atoms with van der Waals surface area (Å²) in [5.41, 5.74) is 5.91. The van der Waals surface area contributed by atoms with E-state index in [1.807, 2.05) is 6.07 Å². The number of carbonyl (C=O) groups is 3. The maximum Gasteiger partial charge on any atom is 0.251 e. The minimum absolute atomic E-state index is 0.0926. The summed E-state index contributed by atoms with van der Waals surface area (Å²) >= 11 is 0. The minimum atomic E-state index is -0.656. The fourth-order valence-corrected chi connectivity index (χ4v) is 2.97. The van der Waals surface area contributed by atoms with Crippen LogP contribution in [0.3, 0.4) is 0 Å².